The van der Waals surface area contributed by atoms with E-state index in [-0.39, 0.29) is 18.7 Å². The number of aliphatic carboxylic acids is 1. The number of imide groups is 1. The van der Waals surface area contributed by atoms with E-state index in [9.17, 15) is 24.6 Å². The highest BCUT2D eigenvalue weighted by molar-refractivity contribution is 6.09. The van der Waals surface area contributed by atoms with E-state index in [1.165, 1.54) is 6.07 Å². The molecule has 2 aliphatic heterocycles. The number of carbonyl (C=O) groups is 3. The second kappa shape index (κ2) is 7.00. The van der Waals surface area contributed by atoms with E-state index in [1.54, 1.807) is 25.1 Å². The molecule has 0 bridgehead atoms. The standard InChI is InChI=1S/C22H22N2O5/c1-2-22(21(28)29)17-16(18(23-22)14-10-6-7-11-15(14)25)19(26)24(20(17)27)12-13-8-4-3-5-9-13/h3-11,16-18,23,25H,2,12H2,1H3,(H,28,29)/t16-,17-,18-,22+/m1/s1. The second-order valence-corrected chi connectivity index (χ2v) is 7.56. The van der Waals surface area contributed by atoms with Crippen LogP contribution in [0, 0.1) is 11.8 Å². The highest BCUT2D eigenvalue weighted by Gasteiger charge is 2.67. The first-order chi connectivity index (χ1) is 13.9. The second-order valence-electron chi connectivity index (χ2n) is 7.56. The molecule has 0 aromatic heterocycles. The quantitative estimate of drug-likeness (QED) is 0.671. The SMILES string of the molecule is CC[C@]1(C(=O)O)N[C@H](c2ccccc2O)[C@@H]2C(=O)N(Cc3ccccc3)C(=O)[C@@H]21. The molecule has 2 aliphatic rings. The Morgan fingerprint density at radius 3 is 2.34 bits per heavy atom. The van der Waals surface area contributed by atoms with E-state index >= 15 is 0 Å². The smallest absolute Gasteiger partial charge is 0.324 e. The lowest BCUT2D eigenvalue weighted by Gasteiger charge is -2.30. The van der Waals surface area contributed by atoms with Crippen molar-refractivity contribution in [3.05, 3.63) is 65.7 Å². The molecule has 0 saturated carbocycles. The molecule has 0 radical (unpaired) electrons. The summed E-state index contributed by atoms with van der Waals surface area (Å²) in [5.41, 5.74) is -0.365. The summed E-state index contributed by atoms with van der Waals surface area (Å²) >= 11 is 0. The topological polar surface area (TPSA) is 107 Å². The normalized spacial score (nSPS) is 28.6. The first kappa shape index (κ1) is 19.1. The molecule has 150 valence electrons. The van der Waals surface area contributed by atoms with E-state index in [1.807, 2.05) is 30.3 Å². The first-order valence-corrected chi connectivity index (χ1v) is 9.59. The molecule has 2 aromatic rings. The molecule has 2 aromatic carbocycles. The molecule has 0 spiro atoms. The van der Waals surface area contributed by atoms with E-state index in [0.717, 1.165) is 10.5 Å². The van der Waals surface area contributed by atoms with Gasteiger partial charge in [0.2, 0.25) is 11.8 Å². The predicted octanol–water partition coefficient (Wildman–Crippen LogP) is 2.07. The van der Waals surface area contributed by atoms with Crippen LogP contribution in [0.15, 0.2) is 54.6 Å². The number of hydrogen-bond acceptors (Lipinski definition) is 5. The first-order valence-electron chi connectivity index (χ1n) is 9.59. The minimum Gasteiger partial charge on any atom is -0.508 e. The van der Waals surface area contributed by atoms with Gasteiger partial charge in [0.25, 0.3) is 0 Å². The van der Waals surface area contributed by atoms with Crippen LogP contribution in [0.4, 0.5) is 0 Å². The third-order valence-electron chi connectivity index (χ3n) is 6.14. The number of para-hydroxylation sites is 1. The van der Waals surface area contributed by atoms with E-state index in [2.05, 4.69) is 5.32 Å². The number of rotatable bonds is 5. The van der Waals surface area contributed by atoms with Crippen LogP contribution < -0.4 is 5.32 Å². The number of carbonyl (C=O) groups excluding carboxylic acids is 2. The monoisotopic (exact) mass is 394 g/mol. The van der Waals surface area contributed by atoms with Gasteiger partial charge in [-0.15, -0.1) is 0 Å². The van der Waals surface area contributed by atoms with Gasteiger partial charge < -0.3 is 10.2 Å². The van der Waals surface area contributed by atoms with Crippen LogP contribution in [-0.4, -0.2) is 38.4 Å². The van der Waals surface area contributed by atoms with Gasteiger partial charge in [0.1, 0.15) is 11.3 Å². The van der Waals surface area contributed by atoms with Gasteiger partial charge in [-0.3, -0.25) is 24.6 Å². The molecule has 0 aliphatic carbocycles. The number of phenols is 1. The zero-order valence-electron chi connectivity index (χ0n) is 15.9. The van der Waals surface area contributed by atoms with E-state index < -0.39 is 41.2 Å². The van der Waals surface area contributed by atoms with Crippen molar-refractivity contribution in [3.8, 4) is 5.75 Å². The van der Waals surface area contributed by atoms with Crippen molar-refractivity contribution in [1.29, 1.82) is 0 Å². The number of amides is 2. The largest absolute Gasteiger partial charge is 0.508 e. The summed E-state index contributed by atoms with van der Waals surface area (Å²) in [6.45, 7) is 1.78. The lowest BCUT2D eigenvalue weighted by atomic mass is 9.78. The van der Waals surface area contributed by atoms with Crippen molar-refractivity contribution in [1.82, 2.24) is 10.2 Å². The maximum atomic E-state index is 13.3. The average Bonchev–Trinajstić information content (AvgIpc) is 3.19. The minimum atomic E-state index is -1.57. The zero-order chi connectivity index (χ0) is 20.8. The molecule has 29 heavy (non-hydrogen) atoms. The van der Waals surface area contributed by atoms with Crippen molar-refractivity contribution < 1.29 is 24.6 Å². The highest BCUT2D eigenvalue weighted by atomic mass is 16.4. The van der Waals surface area contributed by atoms with E-state index in [0.29, 0.717) is 5.56 Å². The molecule has 7 heteroatoms. The molecule has 7 nitrogen and oxygen atoms in total. The molecular weight excluding hydrogens is 372 g/mol. The number of hydrogen-bond donors (Lipinski definition) is 3. The molecule has 2 saturated heterocycles. The van der Waals surface area contributed by atoms with Gasteiger partial charge in [-0.1, -0.05) is 55.5 Å². The third-order valence-corrected chi connectivity index (χ3v) is 6.14. The van der Waals surface area contributed by atoms with Gasteiger partial charge in [-0.2, -0.15) is 0 Å². The number of carboxylic acids is 1. The Labute approximate surface area is 168 Å². The van der Waals surface area contributed by atoms with Crippen LogP contribution in [0.3, 0.4) is 0 Å². The van der Waals surface area contributed by atoms with Crippen molar-refractivity contribution >= 4 is 17.8 Å². The van der Waals surface area contributed by atoms with Crippen molar-refractivity contribution in [2.45, 2.75) is 31.5 Å². The summed E-state index contributed by atoms with van der Waals surface area (Å²) in [7, 11) is 0. The van der Waals surface area contributed by atoms with Gasteiger partial charge in [0.05, 0.1) is 18.4 Å². The van der Waals surface area contributed by atoms with Crippen LogP contribution in [0.2, 0.25) is 0 Å². The number of fused-ring (bicyclic) bond motifs is 1. The summed E-state index contributed by atoms with van der Waals surface area (Å²) in [5.74, 6) is -4.04. The van der Waals surface area contributed by atoms with Crippen LogP contribution in [0.5, 0.6) is 5.75 Å². The number of aromatic hydroxyl groups is 1. The average molecular weight is 394 g/mol. The van der Waals surface area contributed by atoms with Gasteiger partial charge in [-0.05, 0) is 18.1 Å². The Kier molecular flexibility index (Phi) is 4.62. The molecule has 2 fully saturated rings. The fraction of sp³-hybridized carbons (Fsp3) is 0.318. The minimum absolute atomic E-state index is 0.0391. The molecule has 3 N–H and O–H groups in total. The highest BCUT2D eigenvalue weighted by Crippen LogP contribution is 2.51. The summed E-state index contributed by atoms with van der Waals surface area (Å²) in [6, 6.07) is 14.8. The molecule has 4 atom stereocenters. The van der Waals surface area contributed by atoms with Crippen molar-refractivity contribution in [2.75, 3.05) is 0 Å². The van der Waals surface area contributed by atoms with Crippen LogP contribution in [0.25, 0.3) is 0 Å². The van der Waals surface area contributed by atoms with Crippen LogP contribution in [-0.2, 0) is 20.9 Å². The number of likely N-dealkylation sites (tertiary alicyclic amines) is 1. The third kappa shape index (κ3) is 2.81. The summed E-state index contributed by atoms with van der Waals surface area (Å²) in [6.07, 6.45) is 0.131. The maximum absolute atomic E-state index is 13.3. The number of phenolic OH excluding ortho intramolecular Hbond substituents is 1. The van der Waals surface area contributed by atoms with Crippen molar-refractivity contribution in [2.24, 2.45) is 11.8 Å². The zero-order valence-corrected chi connectivity index (χ0v) is 15.9. The lowest BCUT2D eigenvalue weighted by Crippen LogP contribution is -2.55. The van der Waals surface area contributed by atoms with Gasteiger partial charge in [-0.25, -0.2) is 0 Å². The van der Waals surface area contributed by atoms with E-state index in [4.69, 9.17) is 0 Å². The molecular formula is C22H22N2O5. The summed E-state index contributed by atoms with van der Waals surface area (Å²) in [4.78, 5) is 40.0. The predicted molar refractivity (Wildman–Crippen MR) is 104 cm³/mol. The Morgan fingerprint density at radius 2 is 1.72 bits per heavy atom. The fourth-order valence-corrected chi connectivity index (χ4v) is 4.67. The van der Waals surface area contributed by atoms with Gasteiger partial charge in [0, 0.05) is 11.6 Å². The molecule has 2 heterocycles. The molecule has 4 rings (SSSR count). The lowest BCUT2D eigenvalue weighted by molar-refractivity contribution is -0.151. The molecule has 0 unspecified atom stereocenters. The van der Waals surface area contributed by atoms with Crippen LogP contribution in [0.1, 0.15) is 30.5 Å². The Bertz CT molecular complexity index is 976. The van der Waals surface area contributed by atoms with Gasteiger partial charge >= 0.3 is 5.97 Å². The Hall–Kier alpha value is -3.19. The maximum Gasteiger partial charge on any atom is 0.324 e. The summed E-state index contributed by atoms with van der Waals surface area (Å²) in [5, 5.41) is 23.4. The number of nitrogens with one attached hydrogen (secondary N) is 1. The fourth-order valence-electron chi connectivity index (χ4n) is 4.67. The Balaban J connectivity index is 1.79. The van der Waals surface area contributed by atoms with Crippen molar-refractivity contribution in [3.63, 3.8) is 0 Å². The van der Waals surface area contributed by atoms with Gasteiger partial charge in [0.15, 0.2) is 0 Å². The molecule has 2 amide bonds. The Morgan fingerprint density at radius 1 is 1.07 bits per heavy atom. The number of benzene rings is 2. The summed E-state index contributed by atoms with van der Waals surface area (Å²) < 4.78 is 0. The number of nitrogens with zero attached hydrogens (tertiary/aromatic N) is 1. The number of carboxylic acid groups (broad SMARTS) is 1. The van der Waals surface area contributed by atoms with Crippen LogP contribution >= 0.6 is 0 Å².